The molecule has 0 aliphatic heterocycles. The number of carbonyl (C=O) groups is 1. The molecule has 0 saturated carbocycles. The van der Waals surface area contributed by atoms with Gasteiger partial charge in [0.15, 0.2) is 0 Å². The molecule has 1 atom stereocenters. The van der Waals surface area contributed by atoms with E-state index in [1.807, 2.05) is 29.1 Å². The molecule has 0 aliphatic rings. The Morgan fingerprint density at radius 2 is 2.32 bits per heavy atom. The maximum atomic E-state index is 11.8. The fraction of sp³-hybridized carbons (Fsp3) is 0.429. The molecule has 2 aromatic heterocycles. The van der Waals surface area contributed by atoms with Crippen molar-refractivity contribution in [3.05, 3.63) is 39.8 Å². The summed E-state index contributed by atoms with van der Waals surface area (Å²) in [7, 11) is 0. The van der Waals surface area contributed by atoms with E-state index in [4.69, 9.17) is 0 Å². The third-order valence-corrected chi connectivity index (χ3v) is 3.81. The molecular formula is C14H19N3OS. The van der Waals surface area contributed by atoms with Gasteiger partial charge in [-0.15, -0.1) is 11.3 Å². The van der Waals surface area contributed by atoms with Crippen LogP contribution in [0.2, 0.25) is 0 Å². The molecule has 102 valence electrons. The van der Waals surface area contributed by atoms with Gasteiger partial charge in [0.1, 0.15) is 0 Å². The Morgan fingerprint density at radius 1 is 1.53 bits per heavy atom. The van der Waals surface area contributed by atoms with Crippen molar-refractivity contribution < 1.29 is 4.79 Å². The van der Waals surface area contributed by atoms with Gasteiger partial charge in [0.2, 0.25) is 0 Å². The lowest BCUT2D eigenvalue weighted by molar-refractivity contribution is 0.0950. The highest BCUT2D eigenvalue weighted by Gasteiger charge is 2.10. The molecule has 19 heavy (non-hydrogen) atoms. The molecule has 1 amide bonds. The third kappa shape index (κ3) is 3.67. The number of carbonyl (C=O) groups excluding carboxylic acids is 1. The van der Waals surface area contributed by atoms with Crippen molar-refractivity contribution >= 4 is 17.2 Å². The fourth-order valence-corrected chi connectivity index (χ4v) is 2.62. The van der Waals surface area contributed by atoms with Crippen LogP contribution < -0.4 is 5.32 Å². The van der Waals surface area contributed by atoms with E-state index >= 15 is 0 Å². The summed E-state index contributed by atoms with van der Waals surface area (Å²) >= 11 is 1.46. The summed E-state index contributed by atoms with van der Waals surface area (Å²) in [6.07, 6.45) is 0. The zero-order valence-electron chi connectivity index (χ0n) is 11.5. The molecule has 0 bridgehead atoms. The quantitative estimate of drug-likeness (QED) is 0.913. The molecule has 0 aromatic carbocycles. The van der Waals surface area contributed by atoms with Crippen LogP contribution >= 0.6 is 11.3 Å². The third-order valence-electron chi connectivity index (χ3n) is 2.94. The van der Waals surface area contributed by atoms with Gasteiger partial charge in [-0.1, -0.05) is 13.0 Å². The van der Waals surface area contributed by atoms with Crippen molar-refractivity contribution in [2.24, 2.45) is 5.92 Å². The number of amides is 1. The van der Waals surface area contributed by atoms with Gasteiger partial charge >= 0.3 is 0 Å². The van der Waals surface area contributed by atoms with Crippen LogP contribution in [0.1, 0.15) is 28.0 Å². The van der Waals surface area contributed by atoms with Gasteiger partial charge in [0, 0.05) is 18.8 Å². The number of hydrogen-bond acceptors (Lipinski definition) is 3. The Morgan fingerprint density at radius 3 is 2.89 bits per heavy atom. The van der Waals surface area contributed by atoms with Crippen molar-refractivity contribution in [2.45, 2.75) is 27.3 Å². The van der Waals surface area contributed by atoms with Crippen molar-refractivity contribution in [3.63, 3.8) is 0 Å². The summed E-state index contributed by atoms with van der Waals surface area (Å²) in [5.41, 5.74) is 2.20. The number of nitrogens with zero attached hydrogens (tertiary/aromatic N) is 2. The molecule has 2 aromatic rings. The minimum Gasteiger partial charge on any atom is -0.351 e. The van der Waals surface area contributed by atoms with Crippen LogP contribution in [0.5, 0.6) is 0 Å². The summed E-state index contributed by atoms with van der Waals surface area (Å²) in [4.78, 5) is 12.6. The monoisotopic (exact) mass is 277 g/mol. The molecule has 0 unspecified atom stereocenters. The van der Waals surface area contributed by atoms with Crippen molar-refractivity contribution in [2.75, 3.05) is 6.54 Å². The Hall–Kier alpha value is -1.62. The second-order valence-corrected chi connectivity index (χ2v) is 5.85. The highest BCUT2D eigenvalue weighted by molar-refractivity contribution is 7.12. The number of nitrogens with one attached hydrogen (secondary N) is 1. The first-order valence-electron chi connectivity index (χ1n) is 6.39. The van der Waals surface area contributed by atoms with Gasteiger partial charge in [0.25, 0.3) is 5.91 Å². The van der Waals surface area contributed by atoms with E-state index < -0.39 is 0 Å². The van der Waals surface area contributed by atoms with Gasteiger partial charge in [-0.05, 0) is 37.3 Å². The molecule has 1 N–H and O–H groups in total. The molecular weight excluding hydrogens is 258 g/mol. The minimum atomic E-state index is 0.00946. The van der Waals surface area contributed by atoms with Gasteiger partial charge < -0.3 is 5.32 Å². The molecule has 5 heteroatoms. The molecule has 0 aliphatic carbocycles. The number of hydrogen-bond donors (Lipinski definition) is 1. The SMILES string of the molecule is Cc1cc(C)n(C[C@@H](C)CNC(=O)c2cccs2)n1. The topological polar surface area (TPSA) is 46.9 Å². The normalized spacial score (nSPS) is 12.4. The molecule has 0 radical (unpaired) electrons. The summed E-state index contributed by atoms with van der Waals surface area (Å²) in [6, 6.07) is 5.79. The lowest BCUT2D eigenvalue weighted by atomic mass is 10.2. The Labute approximate surface area is 117 Å². The Kier molecular flexibility index (Phi) is 4.37. The van der Waals surface area contributed by atoms with Crippen LogP contribution in [0.25, 0.3) is 0 Å². The maximum absolute atomic E-state index is 11.8. The molecule has 0 fully saturated rings. The van der Waals surface area contributed by atoms with Gasteiger partial charge in [-0.3, -0.25) is 9.48 Å². The average molecular weight is 277 g/mol. The minimum absolute atomic E-state index is 0.00946. The van der Waals surface area contributed by atoms with Gasteiger partial charge in [-0.25, -0.2) is 0 Å². The largest absolute Gasteiger partial charge is 0.351 e. The van der Waals surface area contributed by atoms with E-state index in [-0.39, 0.29) is 5.91 Å². The van der Waals surface area contributed by atoms with E-state index in [1.54, 1.807) is 0 Å². The Bertz CT molecular complexity index is 545. The zero-order valence-corrected chi connectivity index (χ0v) is 12.3. The molecule has 4 nitrogen and oxygen atoms in total. The predicted molar refractivity (Wildman–Crippen MR) is 77.5 cm³/mol. The van der Waals surface area contributed by atoms with Gasteiger partial charge in [-0.2, -0.15) is 5.10 Å². The number of aryl methyl sites for hydroxylation is 2. The van der Waals surface area contributed by atoms with Gasteiger partial charge in [0.05, 0.1) is 10.6 Å². The first kappa shape index (κ1) is 13.8. The molecule has 2 rings (SSSR count). The van der Waals surface area contributed by atoms with E-state index in [0.717, 1.165) is 22.8 Å². The lowest BCUT2D eigenvalue weighted by Gasteiger charge is -2.13. The highest BCUT2D eigenvalue weighted by Crippen LogP contribution is 2.09. The maximum Gasteiger partial charge on any atom is 0.261 e. The van der Waals surface area contributed by atoms with Crippen LogP contribution in [-0.4, -0.2) is 22.2 Å². The predicted octanol–water partition coefficient (Wildman–Crippen LogP) is 2.63. The summed E-state index contributed by atoms with van der Waals surface area (Å²) in [5.74, 6) is 0.358. The lowest BCUT2D eigenvalue weighted by Crippen LogP contribution is -2.29. The van der Waals surface area contributed by atoms with E-state index in [0.29, 0.717) is 12.5 Å². The Balaban J connectivity index is 1.83. The van der Waals surface area contributed by atoms with E-state index in [1.165, 1.54) is 11.3 Å². The second-order valence-electron chi connectivity index (χ2n) is 4.90. The summed E-state index contributed by atoms with van der Waals surface area (Å²) in [6.45, 7) is 7.65. The van der Waals surface area contributed by atoms with Crippen LogP contribution in [-0.2, 0) is 6.54 Å². The summed E-state index contributed by atoms with van der Waals surface area (Å²) < 4.78 is 2.00. The first-order chi connectivity index (χ1) is 9.06. The number of rotatable bonds is 5. The van der Waals surface area contributed by atoms with Crippen LogP contribution in [0.3, 0.4) is 0 Å². The highest BCUT2D eigenvalue weighted by atomic mass is 32.1. The van der Waals surface area contributed by atoms with Crippen LogP contribution in [0.4, 0.5) is 0 Å². The molecule has 0 spiro atoms. The van der Waals surface area contributed by atoms with Crippen molar-refractivity contribution in [1.29, 1.82) is 0 Å². The smallest absolute Gasteiger partial charge is 0.261 e. The average Bonchev–Trinajstić information content (AvgIpc) is 2.97. The molecule has 2 heterocycles. The van der Waals surface area contributed by atoms with Crippen molar-refractivity contribution in [1.82, 2.24) is 15.1 Å². The van der Waals surface area contributed by atoms with Crippen LogP contribution in [0, 0.1) is 19.8 Å². The van der Waals surface area contributed by atoms with Crippen LogP contribution in [0.15, 0.2) is 23.6 Å². The number of aromatic nitrogens is 2. The zero-order chi connectivity index (χ0) is 13.8. The van der Waals surface area contributed by atoms with E-state index in [9.17, 15) is 4.79 Å². The van der Waals surface area contributed by atoms with E-state index in [2.05, 4.69) is 30.3 Å². The molecule has 0 saturated heterocycles. The fourth-order valence-electron chi connectivity index (χ4n) is 1.98. The van der Waals surface area contributed by atoms with Crippen molar-refractivity contribution in [3.8, 4) is 0 Å². The second kappa shape index (κ2) is 6.02. The standard InChI is InChI=1S/C14H19N3OS/c1-10(9-17-12(3)7-11(2)16-17)8-15-14(18)13-5-4-6-19-13/h4-7,10H,8-9H2,1-3H3,(H,15,18)/t10-/m0/s1. The number of thiophene rings is 1. The first-order valence-corrected chi connectivity index (χ1v) is 7.27. The summed E-state index contributed by atoms with van der Waals surface area (Å²) in [5, 5.41) is 9.31.